The van der Waals surface area contributed by atoms with Crippen molar-refractivity contribution in [3.8, 4) is 0 Å². The number of aryl methyl sites for hydroxylation is 3. The molecule has 1 atom stereocenters. The molecule has 0 N–H and O–H groups in total. The lowest BCUT2D eigenvalue weighted by Gasteiger charge is -2.20. The van der Waals surface area contributed by atoms with Crippen LogP contribution in [0.4, 0.5) is 0 Å². The van der Waals surface area contributed by atoms with Crippen molar-refractivity contribution >= 4 is 11.8 Å². The van der Waals surface area contributed by atoms with Crippen LogP contribution in [0.1, 0.15) is 61.2 Å². The molecular formula is C19H28O3. The molecule has 0 aliphatic heterocycles. The van der Waals surface area contributed by atoms with E-state index in [1.165, 1.54) is 0 Å². The van der Waals surface area contributed by atoms with Gasteiger partial charge in [0, 0.05) is 5.56 Å². The topological polar surface area (TPSA) is 43.4 Å². The fourth-order valence-corrected chi connectivity index (χ4v) is 2.84. The Labute approximate surface area is 134 Å². The number of ether oxygens (including phenoxy) is 1. The van der Waals surface area contributed by atoms with Crippen molar-refractivity contribution in [1.82, 2.24) is 0 Å². The lowest BCUT2D eigenvalue weighted by Crippen LogP contribution is -2.30. The minimum Gasteiger partial charge on any atom is -0.462 e. The van der Waals surface area contributed by atoms with Crippen LogP contribution in [0.15, 0.2) is 12.1 Å². The number of rotatable bonds is 6. The summed E-state index contributed by atoms with van der Waals surface area (Å²) in [6, 6.07) is 3.97. The van der Waals surface area contributed by atoms with Gasteiger partial charge in [-0.1, -0.05) is 31.5 Å². The number of ketones is 1. The molecule has 1 aromatic rings. The van der Waals surface area contributed by atoms with Crippen molar-refractivity contribution in [3.63, 3.8) is 0 Å². The standard InChI is InChI=1S/C19H28O3/c1-11(2)8-16(19(21)22-12(3)4)18(20)17-14(6)9-13(5)10-15(17)7/h9-12,16H,8H2,1-7H3. The Bertz CT molecular complexity index is 533. The first-order valence-corrected chi connectivity index (χ1v) is 7.96. The zero-order valence-electron chi connectivity index (χ0n) is 14.8. The largest absolute Gasteiger partial charge is 0.462 e. The summed E-state index contributed by atoms with van der Waals surface area (Å²) < 4.78 is 5.30. The Morgan fingerprint density at radius 3 is 1.91 bits per heavy atom. The van der Waals surface area contributed by atoms with Crippen molar-refractivity contribution in [1.29, 1.82) is 0 Å². The van der Waals surface area contributed by atoms with Gasteiger partial charge in [-0.15, -0.1) is 0 Å². The van der Waals surface area contributed by atoms with Gasteiger partial charge in [0.15, 0.2) is 5.78 Å². The van der Waals surface area contributed by atoms with E-state index in [2.05, 4.69) is 0 Å². The van der Waals surface area contributed by atoms with E-state index in [1.54, 1.807) is 13.8 Å². The maximum atomic E-state index is 13.0. The first-order chi connectivity index (χ1) is 10.1. The number of carbonyl (C=O) groups is 2. The molecule has 0 spiro atoms. The Kier molecular flexibility index (Phi) is 6.34. The van der Waals surface area contributed by atoms with Crippen LogP contribution in [-0.4, -0.2) is 17.9 Å². The molecule has 0 aliphatic rings. The van der Waals surface area contributed by atoms with Crippen LogP contribution in [0.2, 0.25) is 0 Å². The molecule has 0 saturated heterocycles. The minimum absolute atomic E-state index is 0.116. The van der Waals surface area contributed by atoms with Gasteiger partial charge in [-0.25, -0.2) is 0 Å². The molecule has 0 radical (unpaired) electrons. The summed E-state index contributed by atoms with van der Waals surface area (Å²) in [5.41, 5.74) is 3.64. The maximum absolute atomic E-state index is 13.0. The Balaban J connectivity index is 3.20. The van der Waals surface area contributed by atoms with Crippen LogP contribution in [-0.2, 0) is 9.53 Å². The highest BCUT2D eigenvalue weighted by molar-refractivity contribution is 6.10. The predicted molar refractivity (Wildman–Crippen MR) is 89.2 cm³/mol. The van der Waals surface area contributed by atoms with Gasteiger partial charge in [0.25, 0.3) is 0 Å². The van der Waals surface area contributed by atoms with Crippen LogP contribution in [0, 0.1) is 32.6 Å². The quantitative estimate of drug-likeness (QED) is 0.444. The molecule has 3 heteroatoms. The summed E-state index contributed by atoms with van der Waals surface area (Å²) in [5, 5.41) is 0. The lowest BCUT2D eigenvalue weighted by molar-refractivity contribution is -0.151. The van der Waals surface area contributed by atoms with E-state index in [4.69, 9.17) is 4.74 Å². The number of hydrogen-bond acceptors (Lipinski definition) is 3. The Hall–Kier alpha value is -1.64. The van der Waals surface area contributed by atoms with Crippen LogP contribution in [0.25, 0.3) is 0 Å². The number of hydrogen-bond donors (Lipinski definition) is 0. The van der Waals surface area contributed by atoms with Crippen molar-refractivity contribution < 1.29 is 14.3 Å². The maximum Gasteiger partial charge on any atom is 0.317 e. The highest BCUT2D eigenvalue weighted by Crippen LogP contribution is 2.25. The first kappa shape index (κ1) is 18.4. The second kappa shape index (κ2) is 7.57. The third-order valence-corrected chi connectivity index (χ3v) is 3.58. The number of Topliss-reactive ketones (excluding diaryl/α,β-unsaturated/α-hetero) is 1. The number of benzene rings is 1. The Morgan fingerprint density at radius 1 is 1.00 bits per heavy atom. The van der Waals surface area contributed by atoms with Gasteiger partial charge in [-0.05, 0) is 58.1 Å². The zero-order chi connectivity index (χ0) is 17.0. The van der Waals surface area contributed by atoms with Gasteiger partial charge in [-0.2, -0.15) is 0 Å². The third kappa shape index (κ3) is 4.69. The molecule has 0 aromatic heterocycles. The van der Waals surface area contributed by atoms with Crippen LogP contribution >= 0.6 is 0 Å². The lowest BCUT2D eigenvalue weighted by atomic mass is 9.85. The summed E-state index contributed by atoms with van der Waals surface area (Å²) in [4.78, 5) is 25.3. The highest BCUT2D eigenvalue weighted by Gasteiger charge is 2.32. The first-order valence-electron chi connectivity index (χ1n) is 7.96. The molecule has 0 aliphatic carbocycles. The minimum atomic E-state index is -0.720. The molecule has 0 bridgehead atoms. The SMILES string of the molecule is Cc1cc(C)c(C(=O)C(CC(C)C)C(=O)OC(C)C)c(C)c1. The van der Waals surface area contributed by atoms with E-state index < -0.39 is 11.9 Å². The summed E-state index contributed by atoms with van der Waals surface area (Å²) in [5.74, 6) is -0.996. The van der Waals surface area contributed by atoms with Crippen molar-refractivity contribution in [2.45, 2.75) is 61.0 Å². The molecule has 0 saturated carbocycles. The van der Waals surface area contributed by atoms with E-state index in [0.29, 0.717) is 12.0 Å². The van der Waals surface area contributed by atoms with Gasteiger partial charge in [0.2, 0.25) is 0 Å². The summed E-state index contributed by atoms with van der Waals surface area (Å²) in [6.45, 7) is 13.5. The van der Waals surface area contributed by atoms with E-state index in [1.807, 2.05) is 46.8 Å². The number of esters is 1. The second-order valence-corrected chi connectivity index (χ2v) is 6.81. The fourth-order valence-electron chi connectivity index (χ4n) is 2.84. The molecule has 1 aromatic carbocycles. The van der Waals surface area contributed by atoms with Gasteiger partial charge in [0.05, 0.1) is 6.10 Å². The highest BCUT2D eigenvalue weighted by atomic mass is 16.5. The predicted octanol–water partition coefficient (Wildman–Crippen LogP) is 4.41. The molecule has 3 nitrogen and oxygen atoms in total. The summed E-state index contributed by atoms with van der Waals surface area (Å²) >= 11 is 0. The zero-order valence-corrected chi connectivity index (χ0v) is 14.8. The smallest absolute Gasteiger partial charge is 0.317 e. The molecule has 0 heterocycles. The molecule has 1 unspecified atom stereocenters. The average Bonchev–Trinajstić information content (AvgIpc) is 2.33. The summed E-state index contributed by atoms with van der Waals surface area (Å²) in [7, 11) is 0. The van der Waals surface area contributed by atoms with E-state index in [-0.39, 0.29) is 17.8 Å². The average molecular weight is 304 g/mol. The fraction of sp³-hybridized carbons (Fsp3) is 0.579. The molecule has 22 heavy (non-hydrogen) atoms. The van der Waals surface area contributed by atoms with Crippen LogP contribution in [0.5, 0.6) is 0 Å². The van der Waals surface area contributed by atoms with E-state index in [9.17, 15) is 9.59 Å². The molecule has 122 valence electrons. The van der Waals surface area contributed by atoms with Crippen molar-refractivity contribution in [2.75, 3.05) is 0 Å². The van der Waals surface area contributed by atoms with Crippen LogP contribution in [0.3, 0.4) is 0 Å². The van der Waals surface area contributed by atoms with Crippen molar-refractivity contribution in [2.24, 2.45) is 11.8 Å². The van der Waals surface area contributed by atoms with Gasteiger partial charge in [-0.3, -0.25) is 9.59 Å². The van der Waals surface area contributed by atoms with Crippen LogP contribution < -0.4 is 0 Å². The van der Waals surface area contributed by atoms with E-state index in [0.717, 1.165) is 16.7 Å². The van der Waals surface area contributed by atoms with E-state index >= 15 is 0 Å². The molecule has 1 rings (SSSR count). The monoisotopic (exact) mass is 304 g/mol. The molecule has 0 fully saturated rings. The second-order valence-electron chi connectivity index (χ2n) is 6.81. The summed E-state index contributed by atoms with van der Waals surface area (Å²) in [6.07, 6.45) is 0.298. The molecular weight excluding hydrogens is 276 g/mol. The van der Waals surface area contributed by atoms with Gasteiger partial charge in [0.1, 0.15) is 5.92 Å². The molecule has 0 amide bonds. The Morgan fingerprint density at radius 2 is 1.50 bits per heavy atom. The van der Waals surface area contributed by atoms with Gasteiger partial charge < -0.3 is 4.74 Å². The number of carbonyl (C=O) groups excluding carboxylic acids is 2. The van der Waals surface area contributed by atoms with Crippen molar-refractivity contribution in [3.05, 3.63) is 34.4 Å². The third-order valence-electron chi connectivity index (χ3n) is 3.58. The normalized spacial score (nSPS) is 12.6. The van der Waals surface area contributed by atoms with Gasteiger partial charge >= 0.3 is 5.97 Å².